The number of nitrogens with one attached hydrogen (secondary N) is 2. The van der Waals surface area contributed by atoms with Crippen LogP contribution in [0, 0.1) is 0 Å². The Balaban J connectivity index is 2.00. The highest BCUT2D eigenvalue weighted by Gasteiger charge is 2.50. The summed E-state index contributed by atoms with van der Waals surface area (Å²) >= 11 is 0. The molecule has 1 aromatic rings. The molecule has 0 aliphatic carbocycles. The standard InChI is InChI=1S/C19H27N3O4/c1-4-10-19(11-5-2)17(24)22(18(25)21-19)13-16(23)20-12-14-8-6-7-9-15(14)26-3/h6-9H,4-5,10-13H2,1-3H3,(H,20,23)(H,21,25). The highest BCUT2D eigenvalue weighted by atomic mass is 16.5. The van der Waals surface area contributed by atoms with E-state index in [2.05, 4.69) is 10.6 Å². The van der Waals surface area contributed by atoms with Crippen LogP contribution in [0.15, 0.2) is 24.3 Å². The van der Waals surface area contributed by atoms with Crippen molar-refractivity contribution in [2.45, 2.75) is 51.6 Å². The third-order valence-electron chi connectivity index (χ3n) is 4.57. The van der Waals surface area contributed by atoms with Gasteiger partial charge in [-0.25, -0.2) is 4.79 Å². The molecule has 0 radical (unpaired) electrons. The van der Waals surface area contributed by atoms with Gasteiger partial charge in [0, 0.05) is 12.1 Å². The second kappa shape index (κ2) is 8.69. The van der Waals surface area contributed by atoms with Gasteiger partial charge in [-0.15, -0.1) is 0 Å². The van der Waals surface area contributed by atoms with Gasteiger partial charge >= 0.3 is 6.03 Å². The fourth-order valence-corrected chi connectivity index (χ4v) is 3.38. The smallest absolute Gasteiger partial charge is 0.325 e. The Morgan fingerprint density at radius 3 is 2.46 bits per heavy atom. The van der Waals surface area contributed by atoms with Gasteiger partial charge in [-0.2, -0.15) is 0 Å². The lowest BCUT2D eigenvalue weighted by Crippen LogP contribution is -2.47. The molecule has 7 heteroatoms. The Labute approximate surface area is 154 Å². The predicted octanol–water partition coefficient (Wildman–Crippen LogP) is 2.20. The van der Waals surface area contributed by atoms with Gasteiger partial charge in [0.15, 0.2) is 0 Å². The van der Waals surface area contributed by atoms with Crippen LogP contribution in [0.1, 0.15) is 45.1 Å². The summed E-state index contributed by atoms with van der Waals surface area (Å²) in [5, 5.41) is 5.54. The molecule has 142 valence electrons. The molecule has 1 heterocycles. The summed E-state index contributed by atoms with van der Waals surface area (Å²) in [4.78, 5) is 38.3. The van der Waals surface area contributed by atoms with E-state index in [1.54, 1.807) is 7.11 Å². The number of ether oxygens (including phenoxy) is 1. The lowest BCUT2D eigenvalue weighted by atomic mass is 9.88. The minimum Gasteiger partial charge on any atom is -0.496 e. The number of hydrogen-bond acceptors (Lipinski definition) is 4. The number of carbonyl (C=O) groups excluding carboxylic acids is 3. The van der Waals surface area contributed by atoms with E-state index in [-0.39, 0.29) is 24.9 Å². The van der Waals surface area contributed by atoms with Gasteiger partial charge in [-0.3, -0.25) is 14.5 Å². The second-order valence-electron chi connectivity index (χ2n) is 6.49. The molecule has 2 N–H and O–H groups in total. The third kappa shape index (κ3) is 4.15. The topological polar surface area (TPSA) is 87.7 Å². The number of amides is 4. The predicted molar refractivity (Wildman–Crippen MR) is 97.6 cm³/mol. The summed E-state index contributed by atoms with van der Waals surface area (Å²) in [5.41, 5.74) is -0.0457. The van der Waals surface area contributed by atoms with Crippen molar-refractivity contribution in [3.63, 3.8) is 0 Å². The third-order valence-corrected chi connectivity index (χ3v) is 4.57. The summed E-state index contributed by atoms with van der Waals surface area (Å²) in [5.74, 6) is -0.0189. The summed E-state index contributed by atoms with van der Waals surface area (Å²) in [7, 11) is 1.56. The van der Waals surface area contributed by atoms with E-state index in [0.29, 0.717) is 18.6 Å². The zero-order valence-electron chi connectivity index (χ0n) is 15.6. The normalized spacial score (nSPS) is 15.7. The fourth-order valence-electron chi connectivity index (χ4n) is 3.38. The number of nitrogens with zero attached hydrogens (tertiary/aromatic N) is 1. The van der Waals surface area contributed by atoms with E-state index in [1.165, 1.54) is 0 Å². The molecular formula is C19H27N3O4. The highest BCUT2D eigenvalue weighted by molar-refractivity contribution is 6.09. The van der Waals surface area contributed by atoms with Crippen molar-refractivity contribution in [3.8, 4) is 5.75 Å². The van der Waals surface area contributed by atoms with Crippen LogP contribution >= 0.6 is 0 Å². The van der Waals surface area contributed by atoms with Crippen LogP contribution in [-0.4, -0.2) is 41.9 Å². The summed E-state index contributed by atoms with van der Waals surface area (Å²) in [6, 6.07) is 6.86. The maximum absolute atomic E-state index is 12.8. The summed E-state index contributed by atoms with van der Waals surface area (Å²) in [6.07, 6.45) is 2.70. The SMILES string of the molecule is CCCC1(CCC)NC(=O)N(CC(=O)NCc2ccccc2OC)C1=O. The van der Waals surface area contributed by atoms with Crippen LogP contribution in [0.25, 0.3) is 0 Å². The molecule has 1 aliphatic rings. The lowest BCUT2D eigenvalue weighted by molar-refractivity contribution is -0.135. The van der Waals surface area contributed by atoms with Gasteiger partial charge < -0.3 is 15.4 Å². The molecule has 1 aromatic carbocycles. The molecule has 4 amide bonds. The molecule has 0 unspecified atom stereocenters. The minimum atomic E-state index is -0.872. The van der Waals surface area contributed by atoms with E-state index in [0.717, 1.165) is 23.3 Å². The minimum absolute atomic E-state index is 0.265. The number of rotatable bonds is 9. The first kappa shape index (κ1) is 19.8. The first-order chi connectivity index (χ1) is 12.5. The number of carbonyl (C=O) groups is 3. The number of hydrogen-bond donors (Lipinski definition) is 2. The van der Waals surface area contributed by atoms with Crippen molar-refractivity contribution in [3.05, 3.63) is 29.8 Å². The van der Waals surface area contributed by atoms with Gasteiger partial charge in [-0.05, 0) is 18.9 Å². The molecule has 1 fully saturated rings. The largest absolute Gasteiger partial charge is 0.496 e. The quantitative estimate of drug-likeness (QED) is 0.660. The number of imide groups is 1. The molecule has 26 heavy (non-hydrogen) atoms. The van der Waals surface area contributed by atoms with Crippen LogP contribution in [0.2, 0.25) is 0 Å². The molecule has 0 bridgehead atoms. The van der Waals surface area contributed by atoms with E-state index in [1.807, 2.05) is 38.1 Å². The fraction of sp³-hybridized carbons (Fsp3) is 0.526. The van der Waals surface area contributed by atoms with Crippen LogP contribution in [-0.2, 0) is 16.1 Å². The van der Waals surface area contributed by atoms with Crippen LogP contribution < -0.4 is 15.4 Å². The van der Waals surface area contributed by atoms with E-state index in [4.69, 9.17) is 4.74 Å². The molecule has 0 aromatic heterocycles. The molecule has 1 saturated heterocycles. The number of benzene rings is 1. The molecule has 2 rings (SSSR count). The number of urea groups is 1. The van der Waals surface area contributed by atoms with Gasteiger partial charge in [0.2, 0.25) is 5.91 Å². The average Bonchev–Trinajstić information content (AvgIpc) is 2.85. The Hall–Kier alpha value is -2.57. The van der Waals surface area contributed by atoms with E-state index in [9.17, 15) is 14.4 Å². The number of para-hydroxylation sites is 1. The Bertz CT molecular complexity index is 669. The van der Waals surface area contributed by atoms with E-state index < -0.39 is 11.6 Å². The van der Waals surface area contributed by atoms with E-state index >= 15 is 0 Å². The molecule has 1 aliphatic heterocycles. The zero-order valence-corrected chi connectivity index (χ0v) is 15.6. The van der Waals surface area contributed by atoms with Crippen molar-refractivity contribution in [2.24, 2.45) is 0 Å². The van der Waals surface area contributed by atoms with Crippen molar-refractivity contribution in [1.82, 2.24) is 15.5 Å². The lowest BCUT2D eigenvalue weighted by Gasteiger charge is -2.25. The Kier molecular flexibility index (Phi) is 6.60. The highest BCUT2D eigenvalue weighted by Crippen LogP contribution is 2.27. The van der Waals surface area contributed by atoms with Gasteiger partial charge in [0.25, 0.3) is 5.91 Å². The summed E-state index contributed by atoms with van der Waals surface area (Å²) in [6.45, 7) is 3.93. The molecule has 0 saturated carbocycles. The molecular weight excluding hydrogens is 334 g/mol. The van der Waals surface area contributed by atoms with Gasteiger partial charge in [-0.1, -0.05) is 44.9 Å². The maximum Gasteiger partial charge on any atom is 0.325 e. The Morgan fingerprint density at radius 1 is 1.19 bits per heavy atom. The van der Waals surface area contributed by atoms with Crippen LogP contribution in [0.4, 0.5) is 4.79 Å². The average molecular weight is 361 g/mol. The second-order valence-corrected chi connectivity index (χ2v) is 6.49. The van der Waals surface area contributed by atoms with Crippen molar-refractivity contribution in [2.75, 3.05) is 13.7 Å². The van der Waals surface area contributed by atoms with Crippen LogP contribution in [0.5, 0.6) is 5.75 Å². The van der Waals surface area contributed by atoms with Gasteiger partial charge in [0.05, 0.1) is 7.11 Å². The molecule has 7 nitrogen and oxygen atoms in total. The first-order valence-electron chi connectivity index (χ1n) is 9.00. The number of methoxy groups -OCH3 is 1. The van der Waals surface area contributed by atoms with Crippen molar-refractivity contribution >= 4 is 17.8 Å². The van der Waals surface area contributed by atoms with Crippen molar-refractivity contribution in [1.29, 1.82) is 0 Å². The zero-order chi connectivity index (χ0) is 19.2. The summed E-state index contributed by atoms with van der Waals surface area (Å²) < 4.78 is 5.25. The monoisotopic (exact) mass is 361 g/mol. The van der Waals surface area contributed by atoms with Gasteiger partial charge in [0.1, 0.15) is 17.8 Å². The Morgan fingerprint density at radius 2 is 1.85 bits per heavy atom. The maximum atomic E-state index is 12.8. The first-order valence-corrected chi connectivity index (χ1v) is 9.00. The van der Waals surface area contributed by atoms with Crippen molar-refractivity contribution < 1.29 is 19.1 Å². The van der Waals surface area contributed by atoms with Crippen LogP contribution in [0.3, 0.4) is 0 Å². The molecule has 0 atom stereocenters. The molecule has 0 spiro atoms.